The molecule has 1 aromatic carbocycles. The second kappa shape index (κ2) is 4.03. The Hall–Kier alpha value is -1.38. The number of hydrogen-bond donors (Lipinski definition) is 1. The molecule has 3 heteroatoms. The first-order valence-electron chi connectivity index (χ1n) is 4.31. The summed E-state index contributed by atoms with van der Waals surface area (Å²) in [6.45, 7) is 3.87. The lowest BCUT2D eigenvalue weighted by Crippen LogP contribution is -1.84. The minimum Gasteiger partial charge on any atom is -0.507 e. The normalized spacial score (nSPS) is 11.0. The van der Waals surface area contributed by atoms with Gasteiger partial charge in [-0.1, -0.05) is 6.92 Å². The highest BCUT2D eigenvalue weighted by atomic mass is 16.3. The van der Waals surface area contributed by atoms with E-state index >= 15 is 0 Å². The fraction of sp³-hybridized carbons (Fsp3) is 0.400. The van der Waals surface area contributed by atoms with Crippen LogP contribution in [0.2, 0.25) is 0 Å². The number of benzene rings is 1. The third-order valence-corrected chi connectivity index (χ3v) is 1.96. The van der Waals surface area contributed by atoms with Crippen molar-refractivity contribution in [2.24, 2.45) is 10.2 Å². The molecule has 0 bridgehead atoms. The molecule has 0 aromatic heterocycles. The van der Waals surface area contributed by atoms with Crippen LogP contribution in [0.4, 0.5) is 5.69 Å². The molecule has 0 aliphatic heterocycles. The van der Waals surface area contributed by atoms with Crippen molar-refractivity contribution in [3.8, 4) is 5.75 Å². The van der Waals surface area contributed by atoms with Crippen LogP contribution in [0.25, 0.3) is 0 Å². The van der Waals surface area contributed by atoms with E-state index in [0.29, 0.717) is 5.75 Å². The molecule has 0 spiro atoms. The third kappa shape index (κ3) is 2.05. The molecule has 0 saturated heterocycles. The molecule has 0 saturated carbocycles. The lowest BCUT2D eigenvalue weighted by Gasteiger charge is -2.05. The van der Waals surface area contributed by atoms with Crippen molar-refractivity contribution in [1.29, 1.82) is 0 Å². The summed E-state index contributed by atoms with van der Waals surface area (Å²) in [4.78, 5) is 0. The van der Waals surface area contributed by atoms with Crippen LogP contribution in [0.3, 0.4) is 0 Å². The number of phenolic OH excluding ortho intramolecular Hbond substituents is 1. The average molecular weight is 178 g/mol. The number of azo groups is 1. The smallest absolute Gasteiger partial charge is 0.121 e. The summed E-state index contributed by atoms with van der Waals surface area (Å²) in [6, 6.07) is 3.68. The molecule has 0 heterocycles. The van der Waals surface area contributed by atoms with E-state index in [0.717, 1.165) is 23.2 Å². The van der Waals surface area contributed by atoms with Gasteiger partial charge < -0.3 is 5.11 Å². The van der Waals surface area contributed by atoms with E-state index in [1.807, 2.05) is 26.0 Å². The van der Waals surface area contributed by atoms with Crippen LogP contribution >= 0.6 is 0 Å². The number of nitrogens with zero attached hydrogens (tertiary/aromatic N) is 2. The van der Waals surface area contributed by atoms with E-state index in [9.17, 15) is 5.11 Å². The molecule has 1 rings (SSSR count). The zero-order valence-electron chi connectivity index (χ0n) is 8.20. The van der Waals surface area contributed by atoms with Gasteiger partial charge in [-0.15, -0.1) is 0 Å². The molecule has 1 N–H and O–H groups in total. The predicted octanol–water partition coefficient (Wildman–Crippen LogP) is 2.98. The first-order chi connectivity index (χ1) is 6.19. The van der Waals surface area contributed by atoms with Crippen LogP contribution < -0.4 is 0 Å². The second-order valence-electron chi connectivity index (χ2n) is 2.92. The summed E-state index contributed by atoms with van der Waals surface area (Å²) in [6.07, 6.45) is 0.805. The van der Waals surface area contributed by atoms with Crippen molar-refractivity contribution in [3.63, 3.8) is 0 Å². The van der Waals surface area contributed by atoms with Crippen LogP contribution in [-0.4, -0.2) is 12.2 Å². The van der Waals surface area contributed by atoms with E-state index < -0.39 is 0 Å². The van der Waals surface area contributed by atoms with Gasteiger partial charge in [0.25, 0.3) is 0 Å². The van der Waals surface area contributed by atoms with Gasteiger partial charge in [-0.05, 0) is 36.6 Å². The first kappa shape index (κ1) is 9.71. The minimum atomic E-state index is 0.373. The van der Waals surface area contributed by atoms with E-state index in [2.05, 4.69) is 10.2 Å². The SMILES string of the molecule is CCc1cc(N=NC)cc(C)c1O. The molecular weight excluding hydrogens is 164 g/mol. The van der Waals surface area contributed by atoms with Gasteiger partial charge in [-0.25, -0.2) is 0 Å². The fourth-order valence-corrected chi connectivity index (χ4v) is 1.27. The zero-order chi connectivity index (χ0) is 9.84. The topological polar surface area (TPSA) is 45.0 Å². The van der Waals surface area contributed by atoms with Gasteiger partial charge in [0.1, 0.15) is 5.75 Å². The van der Waals surface area contributed by atoms with E-state index in [1.54, 1.807) is 7.05 Å². The maximum absolute atomic E-state index is 9.62. The number of phenols is 1. The van der Waals surface area contributed by atoms with Crippen LogP contribution in [0, 0.1) is 6.92 Å². The number of aryl methyl sites for hydroxylation is 2. The van der Waals surface area contributed by atoms with Crippen molar-refractivity contribution in [3.05, 3.63) is 23.3 Å². The zero-order valence-corrected chi connectivity index (χ0v) is 8.20. The average Bonchev–Trinajstić information content (AvgIpc) is 2.11. The molecule has 0 amide bonds. The van der Waals surface area contributed by atoms with Gasteiger partial charge in [-0.2, -0.15) is 10.2 Å². The molecule has 1 aromatic rings. The Morgan fingerprint density at radius 2 is 2.08 bits per heavy atom. The van der Waals surface area contributed by atoms with Gasteiger partial charge >= 0.3 is 0 Å². The molecule has 0 aliphatic carbocycles. The Balaban J connectivity index is 3.21. The minimum absolute atomic E-state index is 0.373. The molecule has 70 valence electrons. The molecule has 0 radical (unpaired) electrons. The molecule has 0 unspecified atom stereocenters. The summed E-state index contributed by atoms with van der Waals surface area (Å²) >= 11 is 0. The summed E-state index contributed by atoms with van der Waals surface area (Å²) in [5, 5.41) is 17.2. The summed E-state index contributed by atoms with van der Waals surface area (Å²) in [7, 11) is 1.63. The number of hydrogen-bond acceptors (Lipinski definition) is 3. The van der Waals surface area contributed by atoms with Gasteiger partial charge in [-0.3, -0.25) is 0 Å². The summed E-state index contributed by atoms with van der Waals surface area (Å²) < 4.78 is 0. The third-order valence-electron chi connectivity index (χ3n) is 1.96. The van der Waals surface area contributed by atoms with Crippen LogP contribution in [0.5, 0.6) is 5.75 Å². The maximum atomic E-state index is 9.62. The van der Waals surface area contributed by atoms with E-state index in [1.165, 1.54) is 0 Å². The van der Waals surface area contributed by atoms with Crippen molar-refractivity contribution in [2.45, 2.75) is 20.3 Å². The van der Waals surface area contributed by atoms with Crippen molar-refractivity contribution < 1.29 is 5.11 Å². The van der Waals surface area contributed by atoms with E-state index in [-0.39, 0.29) is 0 Å². The summed E-state index contributed by atoms with van der Waals surface area (Å²) in [5.41, 5.74) is 2.57. The van der Waals surface area contributed by atoms with Crippen molar-refractivity contribution in [1.82, 2.24) is 0 Å². The molecule has 0 aliphatic rings. The Labute approximate surface area is 78.1 Å². The second-order valence-corrected chi connectivity index (χ2v) is 2.92. The van der Waals surface area contributed by atoms with Crippen LogP contribution in [0.1, 0.15) is 18.1 Å². The summed E-state index contributed by atoms with van der Waals surface area (Å²) in [5.74, 6) is 0.373. The Morgan fingerprint density at radius 3 is 2.62 bits per heavy atom. The highest BCUT2D eigenvalue weighted by molar-refractivity contribution is 5.51. The molecule has 3 nitrogen and oxygen atoms in total. The van der Waals surface area contributed by atoms with Crippen molar-refractivity contribution >= 4 is 5.69 Å². The van der Waals surface area contributed by atoms with Gasteiger partial charge in [0.2, 0.25) is 0 Å². The molecule has 13 heavy (non-hydrogen) atoms. The maximum Gasteiger partial charge on any atom is 0.121 e. The Kier molecular flexibility index (Phi) is 3.01. The Bertz CT molecular complexity index is 332. The molecule has 0 atom stereocenters. The Morgan fingerprint density at radius 1 is 1.38 bits per heavy atom. The first-order valence-corrected chi connectivity index (χ1v) is 4.31. The highest BCUT2D eigenvalue weighted by Gasteiger charge is 2.04. The van der Waals surface area contributed by atoms with E-state index in [4.69, 9.17) is 0 Å². The standard InChI is InChI=1S/C10H14N2O/c1-4-8-6-9(12-11-3)5-7(2)10(8)13/h5-6,13H,4H2,1-3H3. The highest BCUT2D eigenvalue weighted by Crippen LogP contribution is 2.28. The lowest BCUT2D eigenvalue weighted by atomic mass is 10.1. The fourth-order valence-electron chi connectivity index (χ4n) is 1.27. The molecule has 0 fully saturated rings. The monoisotopic (exact) mass is 178 g/mol. The van der Waals surface area contributed by atoms with Crippen LogP contribution in [-0.2, 0) is 6.42 Å². The van der Waals surface area contributed by atoms with Gasteiger partial charge in [0.05, 0.1) is 5.69 Å². The number of aromatic hydroxyl groups is 1. The van der Waals surface area contributed by atoms with Gasteiger partial charge in [0, 0.05) is 7.05 Å². The number of rotatable bonds is 2. The molecular formula is C10H14N2O. The van der Waals surface area contributed by atoms with Crippen molar-refractivity contribution in [2.75, 3.05) is 7.05 Å². The van der Waals surface area contributed by atoms with Gasteiger partial charge in [0.15, 0.2) is 0 Å². The predicted molar refractivity (Wildman–Crippen MR) is 52.7 cm³/mol. The lowest BCUT2D eigenvalue weighted by molar-refractivity contribution is 0.464. The van der Waals surface area contributed by atoms with Crippen LogP contribution in [0.15, 0.2) is 22.4 Å². The largest absolute Gasteiger partial charge is 0.507 e. The quantitative estimate of drug-likeness (QED) is 0.695.